The van der Waals surface area contributed by atoms with Gasteiger partial charge in [0.05, 0.1) is 55.6 Å². The SMILES string of the molecule is CC(C)(C)[PH+](C=C1C=CC=C(C[PH+](C(C)(C)C)C(C)(C)C)[N-]1)C(C)(C)C.CC(C)[PH+](C=C1C=CC=C(C[PH+](C(C)C)C(C)C)[N-]1)C(C)C.[CH-]=O.[CH-]=O.[CH-]=O.[CH-]=O.[Mn+3].[Mn+3]. The first-order valence-corrected chi connectivity index (χ1v) is 26.5. The van der Waals surface area contributed by atoms with E-state index in [-0.39, 0.29) is 42.1 Å². The Morgan fingerprint density at radius 2 is 0.810 bits per heavy atom. The van der Waals surface area contributed by atoms with E-state index in [4.69, 9.17) is 29.8 Å². The number of hydrogen-bond donors (Lipinski definition) is 0. The van der Waals surface area contributed by atoms with Gasteiger partial charge in [0, 0.05) is 43.3 Å². The predicted molar refractivity (Wildman–Crippen MR) is 267 cm³/mol. The van der Waals surface area contributed by atoms with Gasteiger partial charge >= 0.3 is 34.1 Å². The number of allylic oxidation sites excluding steroid dienone is 8. The van der Waals surface area contributed by atoms with Crippen molar-refractivity contribution >= 4 is 58.8 Å². The van der Waals surface area contributed by atoms with Crippen LogP contribution in [0, 0.1) is 0 Å². The summed E-state index contributed by atoms with van der Waals surface area (Å²) in [7, 11) is -2.17. The zero-order valence-electron chi connectivity index (χ0n) is 39.9. The van der Waals surface area contributed by atoms with E-state index in [1.165, 1.54) is 29.0 Å². The van der Waals surface area contributed by atoms with Crippen molar-refractivity contribution in [3.63, 3.8) is 0 Å². The van der Waals surface area contributed by atoms with Crippen LogP contribution in [-0.2, 0) is 53.3 Å². The summed E-state index contributed by atoms with van der Waals surface area (Å²) >= 11 is 0. The molecule has 2 heterocycles. The molecule has 0 aromatic rings. The molecule has 0 saturated carbocycles. The number of carbonyl (C=O) groups excluding carboxylic acids is 4. The molecule has 0 saturated heterocycles. The van der Waals surface area contributed by atoms with E-state index >= 15 is 0 Å². The van der Waals surface area contributed by atoms with Crippen LogP contribution in [0.5, 0.6) is 0 Å². The standard InChI is InChI=1S/C23H42NP2.C19H34NP2.4CHO.2Mn/c1-20(2,3)25(21(4,5)6)16-18-14-13-15-19(24-18)17-26(22(7,8)9)23(10,11)12;1-14(2)21(15(3)4)12-18-10-9-11-19(20-18)13-22(16(5)6)17(7)8;4*1-2;;/h13-16H,17H2,1-12H3;9-12,14-17H,13H2,1-8H3;4*1H;;/q6*-1;2*+3/p+4. The van der Waals surface area contributed by atoms with Gasteiger partial charge in [0.2, 0.25) is 0 Å². The average Bonchev–Trinajstić information content (AvgIpc) is 3.09. The Morgan fingerprint density at radius 1 is 0.500 bits per heavy atom. The summed E-state index contributed by atoms with van der Waals surface area (Å²) in [6.07, 6.45) is 15.6. The third kappa shape index (κ3) is 28.9. The normalized spacial score (nSPS) is 15.2. The molecule has 0 fully saturated rings. The van der Waals surface area contributed by atoms with Gasteiger partial charge in [-0.15, -0.1) is 22.8 Å². The van der Waals surface area contributed by atoms with Crippen molar-refractivity contribution in [3.05, 3.63) is 81.5 Å². The van der Waals surface area contributed by atoms with Crippen LogP contribution >= 0.6 is 31.7 Å². The maximum absolute atomic E-state index is 7.75. The van der Waals surface area contributed by atoms with E-state index in [2.05, 4.69) is 214 Å². The van der Waals surface area contributed by atoms with Gasteiger partial charge in [-0.2, -0.15) is 0 Å². The third-order valence-electron chi connectivity index (χ3n) is 9.25. The Bertz CT molecular complexity index is 1230. The predicted octanol–water partition coefficient (Wildman–Crippen LogP) is 13.9. The molecule has 0 spiro atoms. The van der Waals surface area contributed by atoms with E-state index in [0.29, 0.717) is 20.6 Å². The summed E-state index contributed by atoms with van der Waals surface area (Å²) in [4.78, 5) is 31.0. The fourth-order valence-corrected chi connectivity index (χ4v) is 20.1. The Kier molecular flexibility index (Phi) is 40.6. The van der Waals surface area contributed by atoms with Crippen LogP contribution in [0.4, 0.5) is 0 Å². The average molecular weight is 963 g/mol. The van der Waals surface area contributed by atoms with E-state index in [1.807, 2.05) is 0 Å². The van der Waals surface area contributed by atoms with E-state index < -0.39 is 23.8 Å². The molecular formula is C46H84Mn2N2O4P4+4. The van der Waals surface area contributed by atoms with Gasteiger partial charge in [-0.25, -0.2) is 0 Å². The molecule has 2 aliphatic heterocycles. The molecule has 0 aliphatic carbocycles. The molecule has 0 unspecified atom stereocenters. The maximum atomic E-state index is 7.75. The maximum Gasteiger partial charge on any atom is 3.00 e. The van der Waals surface area contributed by atoms with Crippen LogP contribution in [0.15, 0.2) is 70.9 Å². The summed E-state index contributed by atoms with van der Waals surface area (Å²) in [6, 6.07) is 0. The van der Waals surface area contributed by atoms with Crippen LogP contribution in [0.1, 0.15) is 138 Å². The van der Waals surface area contributed by atoms with Crippen LogP contribution in [0.25, 0.3) is 10.6 Å². The number of rotatable bonds is 10. The third-order valence-corrected chi connectivity index (χ3v) is 24.4. The minimum absolute atomic E-state index is 0. The number of nitrogens with zero attached hydrogens (tertiary/aromatic N) is 2. The van der Waals surface area contributed by atoms with Gasteiger partial charge in [-0.05, 0) is 138 Å². The molecule has 0 aromatic carbocycles. The molecule has 332 valence electrons. The minimum atomic E-state index is -0.708. The quantitative estimate of drug-likeness (QED) is 0.0943. The van der Waals surface area contributed by atoms with Gasteiger partial charge in [0.25, 0.3) is 0 Å². The Morgan fingerprint density at radius 3 is 1.09 bits per heavy atom. The zero-order chi connectivity index (χ0) is 45.4. The zero-order valence-corrected chi connectivity index (χ0v) is 46.3. The van der Waals surface area contributed by atoms with Crippen molar-refractivity contribution in [3.8, 4) is 0 Å². The minimum Gasteiger partial charge on any atom is -0.656 e. The summed E-state index contributed by atoms with van der Waals surface area (Å²) in [6.45, 7) is 60.7. The summed E-state index contributed by atoms with van der Waals surface area (Å²) < 4.78 is 0. The number of hydrogen-bond acceptors (Lipinski definition) is 4. The second-order valence-electron chi connectivity index (χ2n) is 19.3. The first-order chi connectivity index (χ1) is 25.6. The van der Waals surface area contributed by atoms with Crippen molar-refractivity contribution in [2.24, 2.45) is 0 Å². The van der Waals surface area contributed by atoms with Gasteiger partial charge in [0.15, 0.2) is 0 Å². The fourth-order valence-electron chi connectivity index (χ4n) is 7.35. The topological polar surface area (TPSA) is 96.5 Å². The first-order valence-electron chi connectivity index (χ1n) is 19.7. The fraction of sp³-hybridized carbons (Fsp3) is 0.652. The molecule has 0 aromatic heterocycles. The van der Waals surface area contributed by atoms with Crippen molar-refractivity contribution in [1.82, 2.24) is 0 Å². The molecule has 0 radical (unpaired) electrons. The van der Waals surface area contributed by atoms with Crippen LogP contribution in [-0.4, -0.2) is 82.7 Å². The van der Waals surface area contributed by atoms with E-state index in [1.54, 1.807) is 0 Å². The van der Waals surface area contributed by atoms with Gasteiger partial charge in [0.1, 0.15) is 0 Å². The van der Waals surface area contributed by atoms with Crippen molar-refractivity contribution in [1.29, 1.82) is 0 Å². The largest absolute Gasteiger partial charge is 3.00 e. The van der Waals surface area contributed by atoms with Crippen LogP contribution in [0.3, 0.4) is 0 Å². The van der Waals surface area contributed by atoms with Crippen molar-refractivity contribution in [2.45, 2.75) is 182 Å². The van der Waals surface area contributed by atoms with Crippen molar-refractivity contribution < 1.29 is 53.3 Å². The Labute approximate surface area is 385 Å². The second-order valence-corrected chi connectivity index (χ2v) is 35.2. The molecule has 58 heavy (non-hydrogen) atoms. The van der Waals surface area contributed by atoms with Crippen molar-refractivity contribution in [2.75, 3.05) is 12.3 Å². The van der Waals surface area contributed by atoms with E-state index in [0.717, 1.165) is 28.8 Å². The molecule has 12 heteroatoms. The molecule has 0 amide bonds. The van der Waals surface area contributed by atoms with Crippen LogP contribution in [0.2, 0.25) is 0 Å². The van der Waals surface area contributed by atoms with Crippen LogP contribution < -0.4 is 0 Å². The van der Waals surface area contributed by atoms with Gasteiger partial charge in [-0.1, -0.05) is 36.5 Å². The summed E-state index contributed by atoms with van der Waals surface area (Å²) in [5.74, 6) is 5.00. The second kappa shape index (κ2) is 34.0. The molecule has 0 atom stereocenters. The molecule has 6 nitrogen and oxygen atoms in total. The van der Waals surface area contributed by atoms with Gasteiger partial charge in [-0.3, -0.25) is 27.2 Å². The first kappa shape index (κ1) is 69.2. The smallest absolute Gasteiger partial charge is 0.656 e. The Balaban J connectivity index is -0.000000194. The van der Waals surface area contributed by atoms with E-state index in [9.17, 15) is 0 Å². The van der Waals surface area contributed by atoms with Gasteiger partial charge < -0.3 is 29.8 Å². The summed E-state index contributed by atoms with van der Waals surface area (Å²) in [5, 5.41) is 11.5. The molecular weight excluding hydrogens is 878 g/mol. The monoisotopic (exact) mass is 962 g/mol. The Hall–Kier alpha value is -0.521. The molecule has 2 aliphatic rings. The summed E-state index contributed by atoms with van der Waals surface area (Å²) in [5.41, 5.74) is 8.13. The molecule has 0 bridgehead atoms. The molecule has 2 rings (SSSR count). The molecule has 0 N–H and O–H groups in total.